The van der Waals surface area contributed by atoms with Crippen LogP contribution in [-0.4, -0.2) is 19.1 Å². The van der Waals surface area contributed by atoms with Gasteiger partial charge in [0.05, 0.1) is 0 Å². The van der Waals surface area contributed by atoms with Crippen LogP contribution in [0.15, 0.2) is 36.4 Å². The van der Waals surface area contributed by atoms with Crippen LogP contribution in [0.2, 0.25) is 0 Å². The van der Waals surface area contributed by atoms with Gasteiger partial charge < -0.3 is 10.6 Å². The van der Waals surface area contributed by atoms with Crippen LogP contribution in [0.3, 0.4) is 0 Å². The molecule has 20 heavy (non-hydrogen) atoms. The van der Waals surface area contributed by atoms with Crippen molar-refractivity contribution in [2.45, 2.75) is 38.8 Å². The molecule has 0 aromatic heterocycles. The lowest BCUT2D eigenvalue weighted by Gasteiger charge is -2.23. The summed E-state index contributed by atoms with van der Waals surface area (Å²) in [4.78, 5) is 0. The van der Waals surface area contributed by atoms with Crippen molar-refractivity contribution in [3.05, 3.63) is 47.5 Å². The first-order valence-corrected chi connectivity index (χ1v) is 7.75. The molecule has 2 N–H and O–H groups in total. The summed E-state index contributed by atoms with van der Waals surface area (Å²) in [5.41, 5.74) is 2.70. The van der Waals surface area contributed by atoms with Gasteiger partial charge in [0.25, 0.3) is 0 Å². The van der Waals surface area contributed by atoms with E-state index in [-0.39, 0.29) is 0 Å². The predicted molar refractivity (Wildman–Crippen MR) is 86.0 cm³/mol. The van der Waals surface area contributed by atoms with Gasteiger partial charge in [-0.15, -0.1) is 0 Å². The number of hydrogen-bond donors (Lipinski definition) is 2. The topological polar surface area (TPSA) is 24.1 Å². The molecular weight excluding hydrogens is 244 g/mol. The Labute approximate surface area is 121 Å². The molecule has 1 saturated heterocycles. The molecule has 2 nitrogen and oxygen atoms in total. The number of hydrogen-bond acceptors (Lipinski definition) is 2. The minimum absolute atomic E-state index is 0.659. The Morgan fingerprint density at radius 2 is 1.95 bits per heavy atom. The Morgan fingerprint density at radius 1 is 1.10 bits per heavy atom. The van der Waals surface area contributed by atoms with Gasteiger partial charge in [-0.25, -0.2) is 0 Å². The molecule has 0 amide bonds. The van der Waals surface area contributed by atoms with Gasteiger partial charge in [-0.1, -0.05) is 42.3 Å². The summed E-state index contributed by atoms with van der Waals surface area (Å²) in [6, 6.07) is 14.1. The fourth-order valence-corrected chi connectivity index (χ4v) is 3.01. The van der Waals surface area contributed by atoms with Crippen molar-refractivity contribution in [2.75, 3.05) is 13.1 Å². The average Bonchev–Trinajstić information content (AvgIpc) is 2.48. The zero-order chi connectivity index (χ0) is 13.8. The van der Waals surface area contributed by atoms with Crippen LogP contribution in [-0.2, 0) is 6.54 Å². The van der Waals surface area contributed by atoms with Crippen LogP contribution in [0.5, 0.6) is 0 Å². The molecule has 2 heteroatoms. The van der Waals surface area contributed by atoms with E-state index in [1.807, 2.05) is 0 Å². The van der Waals surface area contributed by atoms with Crippen LogP contribution in [0.25, 0.3) is 10.8 Å². The van der Waals surface area contributed by atoms with Crippen molar-refractivity contribution >= 4 is 10.8 Å². The Morgan fingerprint density at radius 3 is 2.80 bits per heavy atom. The first-order valence-electron chi connectivity index (χ1n) is 7.75. The fourth-order valence-electron chi connectivity index (χ4n) is 3.01. The second kappa shape index (κ2) is 6.38. The van der Waals surface area contributed by atoms with E-state index < -0.39 is 0 Å². The van der Waals surface area contributed by atoms with Crippen molar-refractivity contribution in [1.29, 1.82) is 0 Å². The summed E-state index contributed by atoms with van der Waals surface area (Å²) in [7, 11) is 0. The van der Waals surface area contributed by atoms with Gasteiger partial charge in [-0.2, -0.15) is 0 Å². The molecule has 0 saturated carbocycles. The number of rotatable bonds is 4. The van der Waals surface area contributed by atoms with Crippen molar-refractivity contribution < 1.29 is 0 Å². The number of aryl methyl sites for hydroxylation is 1. The van der Waals surface area contributed by atoms with Gasteiger partial charge in [-0.05, 0) is 48.7 Å². The highest BCUT2D eigenvalue weighted by Crippen LogP contribution is 2.17. The number of benzene rings is 2. The Balaban J connectivity index is 1.58. The molecule has 2 aromatic carbocycles. The third kappa shape index (κ3) is 3.38. The highest BCUT2D eigenvalue weighted by Gasteiger charge is 2.11. The monoisotopic (exact) mass is 268 g/mol. The van der Waals surface area contributed by atoms with Crippen LogP contribution in [0.4, 0.5) is 0 Å². The molecule has 1 atom stereocenters. The molecule has 106 valence electrons. The molecule has 1 unspecified atom stereocenters. The van der Waals surface area contributed by atoms with E-state index in [0.29, 0.717) is 6.04 Å². The molecule has 3 rings (SSSR count). The fraction of sp³-hybridized carbons (Fsp3) is 0.444. The standard InChI is InChI=1S/C18H24N2/c1-14-5-7-17-11-15(6-8-16(17)10-14)12-19-13-18-4-2-3-9-20-18/h5-8,10-11,18-20H,2-4,9,12-13H2,1H3. The Hall–Kier alpha value is -1.38. The van der Waals surface area contributed by atoms with Crippen LogP contribution >= 0.6 is 0 Å². The maximum absolute atomic E-state index is 3.58. The van der Waals surface area contributed by atoms with Gasteiger partial charge >= 0.3 is 0 Å². The first kappa shape index (κ1) is 13.6. The van der Waals surface area contributed by atoms with Gasteiger partial charge in [0.1, 0.15) is 0 Å². The van der Waals surface area contributed by atoms with Crippen molar-refractivity contribution in [3.63, 3.8) is 0 Å². The quantitative estimate of drug-likeness (QED) is 0.888. The largest absolute Gasteiger partial charge is 0.313 e. The van der Waals surface area contributed by atoms with Crippen LogP contribution in [0.1, 0.15) is 30.4 Å². The van der Waals surface area contributed by atoms with E-state index in [0.717, 1.165) is 13.1 Å². The molecule has 1 fully saturated rings. The van der Waals surface area contributed by atoms with Gasteiger partial charge in [0.15, 0.2) is 0 Å². The smallest absolute Gasteiger partial charge is 0.0206 e. The summed E-state index contributed by atoms with van der Waals surface area (Å²) in [5.74, 6) is 0. The third-order valence-electron chi connectivity index (χ3n) is 4.19. The maximum Gasteiger partial charge on any atom is 0.0206 e. The highest BCUT2D eigenvalue weighted by molar-refractivity contribution is 5.83. The zero-order valence-electron chi connectivity index (χ0n) is 12.3. The number of fused-ring (bicyclic) bond motifs is 1. The average molecular weight is 268 g/mol. The van der Waals surface area contributed by atoms with Crippen LogP contribution in [0, 0.1) is 6.92 Å². The third-order valence-corrected chi connectivity index (χ3v) is 4.19. The lowest BCUT2D eigenvalue weighted by molar-refractivity contribution is 0.383. The van der Waals surface area contributed by atoms with Gasteiger partial charge in [0, 0.05) is 19.1 Å². The van der Waals surface area contributed by atoms with Crippen molar-refractivity contribution in [3.8, 4) is 0 Å². The normalized spacial score (nSPS) is 19.4. The molecule has 1 heterocycles. The Bertz CT molecular complexity index is 571. The predicted octanol–water partition coefficient (Wildman–Crippen LogP) is 3.38. The highest BCUT2D eigenvalue weighted by atomic mass is 15.0. The lowest BCUT2D eigenvalue weighted by Crippen LogP contribution is -2.41. The van der Waals surface area contributed by atoms with Gasteiger partial charge in [0.2, 0.25) is 0 Å². The van der Waals surface area contributed by atoms with Crippen molar-refractivity contribution in [2.24, 2.45) is 0 Å². The summed E-state index contributed by atoms with van der Waals surface area (Å²) < 4.78 is 0. The summed E-state index contributed by atoms with van der Waals surface area (Å²) in [6.07, 6.45) is 4.01. The maximum atomic E-state index is 3.58. The molecule has 1 aliphatic heterocycles. The second-order valence-corrected chi connectivity index (χ2v) is 5.96. The molecule has 0 bridgehead atoms. The molecular formula is C18H24N2. The zero-order valence-corrected chi connectivity index (χ0v) is 12.3. The summed E-state index contributed by atoms with van der Waals surface area (Å²) in [5, 5.41) is 9.84. The molecule has 0 aliphatic carbocycles. The lowest BCUT2D eigenvalue weighted by atomic mass is 10.0. The van der Waals surface area contributed by atoms with E-state index in [2.05, 4.69) is 54.0 Å². The van der Waals surface area contributed by atoms with Crippen LogP contribution < -0.4 is 10.6 Å². The number of piperidine rings is 1. The molecule has 0 radical (unpaired) electrons. The summed E-state index contributed by atoms with van der Waals surface area (Å²) in [6.45, 7) is 5.36. The molecule has 1 aliphatic rings. The first-order chi connectivity index (χ1) is 9.81. The molecule has 0 spiro atoms. The second-order valence-electron chi connectivity index (χ2n) is 5.96. The van der Waals surface area contributed by atoms with E-state index in [4.69, 9.17) is 0 Å². The van der Waals surface area contributed by atoms with Gasteiger partial charge in [-0.3, -0.25) is 0 Å². The minimum Gasteiger partial charge on any atom is -0.313 e. The number of nitrogens with one attached hydrogen (secondary N) is 2. The molecule has 2 aromatic rings. The SMILES string of the molecule is Cc1ccc2cc(CNCC3CCCCN3)ccc2c1. The Kier molecular flexibility index (Phi) is 4.34. The van der Waals surface area contributed by atoms with E-state index >= 15 is 0 Å². The minimum atomic E-state index is 0.659. The van der Waals surface area contributed by atoms with E-state index in [1.54, 1.807) is 0 Å². The van der Waals surface area contributed by atoms with E-state index in [1.165, 1.54) is 47.7 Å². The van der Waals surface area contributed by atoms with E-state index in [9.17, 15) is 0 Å². The summed E-state index contributed by atoms with van der Waals surface area (Å²) >= 11 is 0. The van der Waals surface area contributed by atoms with Crippen molar-refractivity contribution in [1.82, 2.24) is 10.6 Å².